The molecule has 2 rings (SSSR count). The van der Waals surface area contributed by atoms with Crippen LogP contribution < -0.4 is 4.90 Å². The number of nitrogens with zero attached hydrogens (tertiary/aromatic N) is 4. The predicted octanol–water partition coefficient (Wildman–Crippen LogP) is 2.32. The van der Waals surface area contributed by atoms with Crippen molar-refractivity contribution in [1.29, 1.82) is 0 Å². The van der Waals surface area contributed by atoms with E-state index < -0.39 is 12.7 Å². The normalized spacial score (nSPS) is 12.7. The Bertz CT molecular complexity index is 515. The van der Waals surface area contributed by atoms with Crippen LogP contribution in [0.25, 0.3) is 0 Å². The van der Waals surface area contributed by atoms with Gasteiger partial charge in [0.1, 0.15) is 0 Å². The third kappa shape index (κ3) is 3.24. The molecule has 0 N–H and O–H groups in total. The van der Waals surface area contributed by atoms with E-state index in [-0.39, 0.29) is 5.82 Å². The summed E-state index contributed by atoms with van der Waals surface area (Å²) in [4.78, 5) is 4.71. The maximum atomic E-state index is 13.2. The molecule has 2 aromatic rings. The van der Waals surface area contributed by atoms with Crippen molar-refractivity contribution >= 4 is 5.82 Å². The molecule has 0 bridgehead atoms. The number of hydrogen-bond acceptors (Lipinski definition) is 3. The van der Waals surface area contributed by atoms with Gasteiger partial charge < -0.3 is 4.90 Å². The molecular formula is C12H13F3N4. The maximum Gasteiger partial charge on any atom is 0.287 e. The zero-order valence-electron chi connectivity index (χ0n) is 10.2. The first-order valence-electron chi connectivity index (χ1n) is 5.65. The van der Waals surface area contributed by atoms with Crippen molar-refractivity contribution in [3.63, 3.8) is 0 Å². The van der Waals surface area contributed by atoms with E-state index >= 15 is 0 Å². The molecule has 0 aromatic carbocycles. The van der Waals surface area contributed by atoms with Crippen LogP contribution in [0.3, 0.4) is 0 Å². The van der Waals surface area contributed by atoms with Gasteiger partial charge in [0.2, 0.25) is 6.30 Å². The number of hydrogen-bond donors (Lipinski definition) is 0. The van der Waals surface area contributed by atoms with Gasteiger partial charge in [-0.2, -0.15) is 5.10 Å². The first-order valence-corrected chi connectivity index (χ1v) is 5.65. The van der Waals surface area contributed by atoms with Crippen LogP contribution in [0.15, 0.2) is 36.8 Å². The van der Waals surface area contributed by atoms with Crippen molar-refractivity contribution in [2.24, 2.45) is 0 Å². The van der Waals surface area contributed by atoms with Crippen LogP contribution in [-0.4, -0.2) is 34.5 Å². The molecule has 0 fully saturated rings. The lowest BCUT2D eigenvalue weighted by atomic mass is 10.3. The summed E-state index contributed by atoms with van der Waals surface area (Å²) in [7, 11) is 1.25. The summed E-state index contributed by atoms with van der Waals surface area (Å²) in [5, 5.41) is 4.06. The van der Waals surface area contributed by atoms with E-state index in [4.69, 9.17) is 0 Å². The van der Waals surface area contributed by atoms with Gasteiger partial charge in [0.05, 0.1) is 6.54 Å². The second-order valence-corrected chi connectivity index (χ2v) is 4.04. The number of anilines is 1. The highest BCUT2D eigenvalue weighted by atomic mass is 19.3. The number of alkyl halides is 3. The molecule has 2 heterocycles. The smallest absolute Gasteiger partial charge is 0.287 e. The minimum absolute atomic E-state index is 0.168. The topological polar surface area (TPSA) is 34.0 Å². The summed E-state index contributed by atoms with van der Waals surface area (Å²) in [6.45, 7) is 0.474. The summed E-state index contributed by atoms with van der Waals surface area (Å²) < 4.78 is 39.2. The standard InChI is InChI=1S/C12H13F3N4/c1-18(12(15)11(13)14)10-4-7-19(17-10)8-9-2-5-16-6-3-9/h2-7,11-12H,8H2,1H3. The molecule has 0 radical (unpaired) electrons. The van der Waals surface area contributed by atoms with E-state index in [0.717, 1.165) is 10.5 Å². The minimum Gasteiger partial charge on any atom is -0.324 e. The van der Waals surface area contributed by atoms with Crippen molar-refractivity contribution in [1.82, 2.24) is 14.8 Å². The Morgan fingerprint density at radius 2 is 1.89 bits per heavy atom. The summed E-state index contributed by atoms with van der Waals surface area (Å²) in [6.07, 6.45) is -0.495. The van der Waals surface area contributed by atoms with Gasteiger partial charge in [-0.15, -0.1) is 0 Å². The first kappa shape index (κ1) is 13.4. The molecule has 1 atom stereocenters. The lowest BCUT2D eigenvalue weighted by Gasteiger charge is -2.20. The molecule has 2 aromatic heterocycles. The first-order chi connectivity index (χ1) is 9.08. The quantitative estimate of drug-likeness (QED) is 0.782. The average Bonchev–Trinajstić information content (AvgIpc) is 2.86. The van der Waals surface area contributed by atoms with E-state index in [1.807, 2.05) is 12.1 Å². The third-order valence-corrected chi connectivity index (χ3v) is 2.66. The van der Waals surface area contributed by atoms with Gasteiger partial charge in [0.15, 0.2) is 5.82 Å². The van der Waals surface area contributed by atoms with Crippen molar-refractivity contribution in [3.05, 3.63) is 42.4 Å². The fraction of sp³-hybridized carbons (Fsp3) is 0.333. The molecule has 0 amide bonds. The number of pyridine rings is 1. The van der Waals surface area contributed by atoms with E-state index in [1.165, 1.54) is 13.1 Å². The van der Waals surface area contributed by atoms with E-state index in [9.17, 15) is 13.2 Å². The number of aromatic nitrogens is 3. The average molecular weight is 270 g/mol. The molecule has 0 saturated carbocycles. The van der Waals surface area contributed by atoms with Gasteiger partial charge in [0, 0.05) is 31.7 Å². The van der Waals surface area contributed by atoms with Crippen molar-refractivity contribution in [2.45, 2.75) is 19.3 Å². The van der Waals surface area contributed by atoms with Crippen LogP contribution in [0.1, 0.15) is 5.56 Å². The van der Waals surface area contributed by atoms with E-state index in [2.05, 4.69) is 10.1 Å². The zero-order valence-corrected chi connectivity index (χ0v) is 10.2. The summed E-state index contributed by atoms with van der Waals surface area (Å²) in [6, 6.07) is 5.14. The lowest BCUT2D eigenvalue weighted by molar-refractivity contribution is 0.0504. The molecular weight excluding hydrogens is 257 g/mol. The maximum absolute atomic E-state index is 13.2. The van der Waals surface area contributed by atoms with Crippen LogP contribution in [0.5, 0.6) is 0 Å². The van der Waals surface area contributed by atoms with Gasteiger partial charge in [-0.05, 0) is 17.7 Å². The summed E-state index contributed by atoms with van der Waals surface area (Å²) in [5.41, 5.74) is 0.970. The van der Waals surface area contributed by atoms with Gasteiger partial charge in [-0.1, -0.05) is 0 Å². The monoisotopic (exact) mass is 270 g/mol. The van der Waals surface area contributed by atoms with Crippen LogP contribution >= 0.6 is 0 Å². The highest BCUT2D eigenvalue weighted by Crippen LogP contribution is 2.17. The van der Waals surface area contributed by atoms with Crippen molar-refractivity contribution in [3.8, 4) is 0 Å². The molecule has 0 aliphatic heterocycles. The Labute approximate surface area is 108 Å². The fourth-order valence-electron chi connectivity index (χ4n) is 1.60. The van der Waals surface area contributed by atoms with Gasteiger partial charge in [0.25, 0.3) is 6.43 Å². The molecule has 0 spiro atoms. The molecule has 4 nitrogen and oxygen atoms in total. The SMILES string of the molecule is CN(c1ccn(Cc2ccncc2)n1)C(F)C(F)F. The minimum atomic E-state index is -3.06. The predicted molar refractivity (Wildman–Crippen MR) is 64.9 cm³/mol. The second-order valence-electron chi connectivity index (χ2n) is 4.04. The highest BCUT2D eigenvalue weighted by molar-refractivity contribution is 5.36. The molecule has 19 heavy (non-hydrogen) atoms. The zero-order chi connectivity index (χ0) is 13.8. The van der Waals surface area contributed by atoms with Crippen LogP contribution in [0.4, 0.5) is 19.0 Å². The largest absolute Gasteiger partial charge is 0.324 e. The number of halogens is 3. The molecule has 1 unspecified atom stereocenters. The van der Waals surface area contributed by atoms with Gasteiger partial charge >= 0.3 is 0 Å². The van der Waals surface area contributed by atoms with Crippen LogP contribution in [0, 0.1) is 0 Å². The Morgan fingerprint density at radius 3 is 2.53 bits per heavy atom. The summed E-state index contributed by atoms with van der Waals surface area (Å²) >= 11 is 0. The molecule has 7 heteroatoms. The van der Waals surface area contributed by atoms with Gasteiger partial charge in [-0.25, -0.2) is 13.2 Å². The Kier molecular flexibility index (Phi) is 4.03. The molecule has 0 saturated heterocycles. The van der Waals surface area contributed by atoms with Crippen molar-refractivity contribution < 1.29 is 13.2 Å². The molecule has 102 valence electrons. The molecule has 0 aliphatic carbocycles. The highest BCUT2D eigenvalue weighted by Gasteiger charge is 2.25. The summed E-state index contributed by atoms with van der Waals surface area (Å²) in [5.74, 6) is 0.168. The van der Waals surface area contributed by atoms with E-state index in [0.29, 0.717) is 6.54 Å². The Morgan fingerprint density at radius 1 is 1.21 bits per heavy atom. The fourth-order valence-corrected chi connectivity index (χ4v) is 1.60. The van der Waals surface area contributed by atoms with E-state index in [1.54, 1.807) is 23.3 Å². The van der Waals surface area contributed by atoms with Crippen LogP contribution in [0.2, 0.25) is 0 Å². The Hall–Kier alpha value is -2.05. The van der Waals surface area contributed by atoms with Gasteiger partial charge in [-0.3, -0.25) is 9.67 Å². The lowest BCUT2D eigenvalue weighted by Crippen LogP contribution is -2.34. The third-order valence-electron chi connectivity index (χ3n) is 2.66. The number of rotatable bonds is 5. The second kappa shape index (κ2) is 5.73. The molecule has 0 aliphatic rings. The van der Waals surface area contributed by atoms with Crippen molar-refractivity contribution in [2.75, 3.05) is 11.9 Å². The van der Waals surface area contributed by atoms with Crippen LogP contribution in [-0.2, 0) is 6.54 Å². The Balaban J connectivity index is 2.07.